The first-order valence-electron chi connectivity index (χ1n) is 14.5. The average molecular weight is 584 g/mol. The maximum atomic E-state index is 11.7. The number of ether oxygens (including phenoxy) is 3. The Morgan fingerprint density at radius 1 is 0.860 bits per heavy atom. The molecule has 43 heavy (non-hydrogen) atoms. The van der Waals surface area contributed by atoms with Gasteiger partial charge in [0, 0.05) is 25.1 Å². The smallest absolute Gasteiger partial charge is 0.299 e. The van der Waals surface area contributed by atoms with Gasteiger partial charge in [0.1, 0.15) is 31.2 Å². The van der Waals surface area contributed by atoms with E-state index in [1.807, 2.05) is 72.8 Å². The van der Waals surface area contributed by atoms with Gasteiger partial charge in [-0.3, -0.25) is 10.1 Å². The van der Waals surface area contributed by atoms with Crippen LogP contribution in [-0.4, -0.2) is 41.9 Å². The van der Waals surface area contributed by atoms with Gasteiger partial charge < -0.3 is 30.4 Å². The number of benzene rings is 4. The molecule has 4 N–H and O–H groups in total. The van der Waals surface area contributed by atoms with Crippen molar-refractivity contribution in [2.24, 2.45) is 0 Å². The van der Waals surface area contributed by atoms with Gasteiger partial charge in [-0.25, -0.2) is 0 Å². The molecule has 0 radical (unpaired) electrons. The molecule has 2 unspecified atom stereocenters. The zero-order valence-electron chi connectivity index (χ0n) is 24.0. The van der Waals surface area contributed by atoms with Gasteiger partial charge in [-0.05, 0) is 54.2 Å². The maximum absolute atomic E-state index is 11.7. The highest BCUT2D eigenvalue weighted by molar-refractivity contribution is 5.73. The van der Waals surface area contributed by atoms with E-state index in [9.17, 15) is 15.2 Å². The fourth-order valence-electron chi connectivity index (χ4n) is 5.31. The minimum absolute atomic E-state index is 0.00952. The Bertz CT molecular complexity index is 1500. The Balaban J connectivity index is 1.19. The fourth-order valence-corrected chi connectivity index (χ4v) is 5.31. The molecule has 4 aromatic carbocycles. The minimum atomic E-state index is -0.870. The third-order valence-electron chi connectivity index (χ3n) is 7.42. The summed E-state index contributed by atoms with van der Waals surface area (Å²) in [5.41, 5.74) is 9.80. The molecule has 0 saturated heterocycles. The first-order chi connectivity index (χ1) is 21.0. The molecule has 9 heteroatoms. The topological polar surface area (TPSA) is 129 Å². The van der Waals surface area contributed by atoms with E-state index in [2.05, 4.69) is 17.4 Å². The van der Waals surface area contributed by atoms with E-state index in [0.717, 1.165) is 29.5 Å². The first-order valence-corrected chi connectivity index (χ1v) is 14.5. The lowest BCUT2D eigenvalue weighted by molar-refractivity contribution is -0.384. The molecule has 0 aliphatic heterocycles. The van der Waals surface area contributed by atoms with Crippen molar-refractivity contribution in [3.05, 3.63) is 123 Å². The summed E-state index contributed by atoms with van der Waals surface area (Å²) in [6.45, 7) is 1.04. The molecule has 1 aliphatic carbocycles. The monoisotopic (exact) mass is 583 g/mol. The van der Waals surface area contributed by atoms with Crippen LogP contribution in [0.15, 0.2) is 91.0 Å². The lowest BCUT2D eigenvalue weighted by Gasteiger charge is -2.23. The number of aliphatic hydroxyl groups is 1. The standard InChI is InChI=1S/C34H37N3O6/c35-33-32(19-26-14-9-15-29(26)34(33)37(39)40)42-23-27(38)20-36-21-28(18-24-10-3-1-4-11-24)43-31-17-8-7-16-30(31)41-22-25-12-5-2-6-13-25/h1-8,10-13,16-17,19,27-28,36,38H,9,14-15,18,20-23,35H2. The second-order valence-electron chi connectivity index (χ2n) is 10.7. The van der Waals surface area contributed by atoms with E-state index in [1.54, 1.807) is 6.07 Å². The van der Waals surface area contributed by atoms with Gasteiger partial charge in [-0.15, -0.1) is 0 Å². The molecule has 0 bridgehead atoms. The number of fused-ring (bicyclic) bond motifs is 1. The summed E-state index contributed by atoms with van der Waals surface area (Å²) in [6.07, 6.45) is 1.75. The first kappa shape index (κ1) is 29.9. The Hall–Kier alpha value is -4.60. The van der Waals surface area contributed by atoms with Crippen LogP contribution in [0.1, 0.15) is 28.7 Å². The van der Waals surface area contributed by atoms with Gasteiger partial charge >= 0.3 is 0 Å². The highest BCUT2D eigenvalue weighted by Gasteiger charge is 2.28. The van der Waals surface area contributed by atoms with Gasteiger partial charge in [0.05, 0.1) is 4.92 Å². The molecule has 0 aromatic heterocycles. The van der Waals surface area contributed by atoms with Crippen molar-refractivity contribution in [3.8, 4) is 17.2 Å². The number of nitrogens with zero attached hydrogens (tertiary/aromatic N) is 1. The number of hydrogen-bond donors (Lipinski definition) is 3. The van der Waals surface area contributed by atoms with E-state index < -0.39 is 11.0 Å². The second kappa shape index (κ2) is 14.5. The summed E-state index contributed by atoms with van der Waals surface area (Å²) in [4.78, 5) is 11.2. The van der Waals surface area contributed by atoms with E-state index in [4.69, 9.17) is 19.9 Å². The summed E-state index contributed by atoms with van der Waals surface area (Å²) >= 11 is 0. The maximum Gasteiger partial charge on any atom is 0.299 e. The molecule has 0 fully saturated rings. The van der Waals surface area contributed by atoms with E-state index in [1.165, 1.54) is 0 Å². The Morgan fingerprint density at radius 2 is 1.53 bits per heavy atom. The van der Waals surface area contributed by atoms with Crippen molar-refractivity contribution in [2.45, 2.75) is 44.5 Å². The van der Waals surface area contributed by atoms with Gasteiger partial charge in [0.25, 0.3) is 5.69 Å². The van der Waals surface area contributed by atoms with Crippen LogP contribution in [0, 0.1) is 10.1 Å². The molecule has 4 aromatic rings. The van der Waals surface area contributed by atoms with E-state index in [0.29, 0.717) is 43.1 Å². The predicted octanol–water partition coefficient (Wildman–Crippen LogP) is 5.26. The molecule has 0 spiro atoms. The van der Waals surface area contributed by atoms with Crippen molar-refractivity contribution in [3.63, 3.8) is 0 Å². The largest absolute Gasteiger partial charge is 0.488 e. The van der Waals surface area contributed by atoms with Crippen LogP contribution < -0.4 is 25.3 Å². The average Bonchev–Trinajstić information content (AvgIpc) is 3.48. The number of nitrogen functional groups attached to an aromatic ring is 1. The number of nitrogens with one attached hydrogen (secondary N) is 1. The summed E-state index contributed by atoms with van der Waals surface area (Å²) in [5.74, 6) is 1.53. The van der Waals surface area contributed by atoms with Crippen LogP contribution in [0.25, 0.3) is 0 Å². The molecule has 9 nitrogen and oxygen atoms in total. The van der Waals surface area contributed by atoms with Crippen LogP contribution in [0.2, 0.25) is 0 Å². The number of rotatable bonds is 15. The Labute approximate surface area is 251 Å². The number of anilines is 1. The third kappa shape index (κ3) is 8.03. The van der Waals surface area contributed by atoms with Crippen LogP contribution in [0.4, 0.5) is 11.4 Å². The zero-order chi connectivity index (χ0) is 30.0. The fraction of sp³-hybridized carbons (Fsp3) is 0.294. The number of aryl methyl sites for hydroxylation is 1. The summed E-state index contributed by atoms with van der Waals surface area (Å²) in [7, 11) is 0. The number of nitro benzene ring substituents is 1. The normalized spacial score (nSPS) is 13.6. The van der Waals surface area contributed by atoms with Crippen LogP contribution in [0.3, 0.4) is 0 Å². The van der Waals surface area contributed by atoms with E-state index >= 15 is 0 Å². The van der Waals surface area contributed by atoms with Crippen LogP contribution in [-0.2, 0) is 25.9 Å². The summed E-state index contributed by atoms with van der Waals surface area (Å²) in [6, 6.07) is 29.4. The lowest BCUT2D eigenvalue weighted by Crippen LogP contribution is -2.39. The van der Waals surface area contributed by atoms with Crippen molar-refractivity contribution in [1.82, 2.24) is 5.32 Å². The van der Waals surface area contributed by atoms with Crippen LogP contribution in [0.5, 0.6) is 17.2 Å². The highest BCUT2D eigenvalue weighted by Crippen LogP contribution is 2.41. The summed E-state index contributed by atoms with van der Waals surface area (Å²) in [5, 5.41) is 25.6. The second-order valence-corrected chi connectivity index (χ2v) is 10.7. The molecule has 0 amide bonds. The SMILES string of the molecule is Nc1c(OCC(O)CNCC(Cc2ccccc2)Oc2ccccc2OCc2ccccc2)cc2c(c1[N+](=O)[O-])CCC2. The Morgan fingerprint density at radius 3 is 2.26 bits per heavy atom. The number of para-hydroxylation sites is 2. The third-order valence-corrected chi connectivity index (χ3v) is 7.42. The van der Waals surface area contributed by atoms with Crippen molar-refractivity contribution >= 4 is 11.4 Å². The van der Waals surface area contributed by atoms with Crippen molar-refractivity contribution in [1.29, 1.82) is 0 Å². The van der Waals surface area contributed by atoms with Gasteiger partial charge in [0.15, 0.2) is 17.2 Å². The highest BCUT2D eigenvalue weighted by atomic mass is 16.6. The minimum Gasteiger partial charge on any atom is -0.488 e. The number of aliphatic hydroxyl groups excluding tert-OH is 1. The zero-order valence-corrected chi connectivity index (χ0v) is 24.0. The molecular weight excluding hydrogens is 546 g/mol. The Kier molecular flexibility index (Phi) is 10.1. The van der Waals surface area contributed by atoms with Crippen LogP contribution >= 0.6 is 0 Å². The molecular formula is C34H37N3O6. The van der Waals surface area contributed by atoms with Gasteiger partial charge in [-0.2, -0.15) is 0 Å². The van der Waals surface area contributed by atoms with Crippen molar-refractivity contribution in [2.75, 3.05) is 25.4 Å². The number of nitrogens with two attached hydrogens (primary N) is 1. The predicted molar refractivity (Wildman–Crippen MR) is 166 cm³/mol. The molecule has 5 rings (SSSR count). The summed E-state index contributed by atoms with van der Waals surface area (Å²) < 4.78 is 18.3. The molecule has 1 aliphatic rings. The van der Waals surface area contributed by atoms with E-state index in [-0.39, 0.29) is 36.4 Å². The lowest BCUT2D eigenvalue weighted by atomic mass is 10.1. The molecule has 224 valence electrons. The molecule has 2 atom stereocenters. The molecule has 0 saturated carbocycles. The quantitative estimate of drug-likeness (QED) is 0.0982. The molecule has 0 heterocycles. The van der Waals surface area contributed by atoms with Gasteiger partial charge in [0.2, 0.25) is 0 Å². The van der Waals surface area contributed by atoms with Crippen molar-refractivity contribution < 1.29 is 24.2 Å². The number of nitro groups is 1. The van der Waals surface area contributed by atoms with Gasteiger partial charge in [-0.1, -0.05) is 72.8 Å². The number of hydrogen-bond acceptors (Lipinski definition) is 8.